The molecule has 0 heterocycles. The first-order chi connectivity index (χ1) is 6.63. The smallest absolute Gasteiger partial charge is 0.423 e. The largest absolute Gasteiger partial charge is 0.488 e. The van der Waals surface area contributed by atoms with Crippen molar-refractivity contribution in [2.24, 2.45) is 0 Å². The molecule has 0 saturated carbocycles. The molecule has 0 amide bonds. The molecule has 1 aromatic rings. The predicted octanol–water partition coefficient (Wildman–Crippen LogP) is -0.717. The Morgan fingerprint density at radius 2 is 2.14 bits per heavy atom. The molecule has 74 valence electrons. The van der Waals surface area contributed by atoms with E-state index in [9.17, 15) is 0 Å². The lowest BCUT2D eigenvalue weighted by molar-refractivity contribution is 0.426. The van der Waals surface area contributed by atoms with Gasteiger partial charge in [-0.15, -0.1) is 0 Å². The monoisotopic (exact) mass is 210 g/mol. The summed E-state index contributed by atoms with van der Waals surface area (Å²) in [6, 6.07) is 6.75. The van der Waals surface area contributed by atoms with E-state index in [1.165, 1.54) is 0 Å². The molecule has 0 aromatic heterocycles. The van der Waals surface area contributed by atoms with Crippen LogP contribution < -0.4 is 16.1 Å². The van der Waals surface area contributed by atoms with E-state index in [1.807, 2.05) is 0 Å². The van der Waals surface area contributed by atoms with Crippen molar-refractivity contribution in [3.63, 3.8) is 0 Å². The Balaban J connectivity index is 2.78. The Labute approximate surface area is 88.1 Å². The van der Waals surface area contributed by atoms with Crippen molar-refractivity contribution in [2.75, 3.05) is 12.4 Å². The Bertz CT molecular complexity index is 333. The van der Waals surface area contributed by atoms with Gasteiger partial charge in [-0.1, -0.05) is 12.1 Å². The molecular weight excluding hydrogens is 199 g/mol. The SMILES string of the molecule is CNC(=S)Nc1cccc(B(O)O)c1. The number of anilines is 1. The summed E-state index contributed by atoms with van der Waals surface area (Å²) in [6.07, 6.45) is 0. The molecule has 0 aliphatic carbocycles. The van der Waals surface area contributed by atoms with Crippen molar-refractivity contribution in [1.82, 2.24) is 5.32 Å². The highest BCUT2D eigenvalue weighted by atomic mass is 32.1. The molecule has 0 bridgehead atoms. The molecule has 0 radical (unpaired) electrons. The normalized spacial score (nSPS) is 9.36. The fraction of sp³-hybridized carbons (Fsp3) is 0.125. The highest BCUT2D eigenvalue weighted by Crippen LogP contribution is 2.03. The number of thiocarbonyl (C=S) groups is 1. The van der Waals surface area contributed by atoms with Crippen molar-refractivity contribution in [3.05, 3.63) is 24.3 Å². The van der Waals surface area contributed by atoms with Crippen molar-refractivity contribution < 1.29 is 10.0 Å². The van der Waals surface area contributed by atoms with E-state index in [1.54, 1.807) is 31.3 Å². The van der Waals surface area contributed by atoms with E-state index in [2.05, 4.69) is 10.6 Å². The van der Waals surface area contributed by atoms with Gasteiger partial charge in [0.05, 0.1) is 0 Å². The highest BCUT2D eigenvalue weighted by Gasteiger charge is 2.10. The zero-order chi connectivity index (χ0) is 10.6. The first-order valence-corrected chi connectivity index (χ1v) is 4.49. The average Bonchev–Trinajstić information content (AvgIpc) is 2.18. The summed E-state index contributed by atoms with van der Waals surface area (Å²) >= 11 is 4.90. The Morgan fingerprint density at radius 1 is 1.43 bits per heavy atom. The second-order valence-electron chi connectivity index (χ2n) is 2.70. The Hall–Kier alpha value is -1.11. The minimum atomic E-state index is -1.46. The van der Waals surface area contributed by atoms with Crippen LogP contribution in [0.4, 0.5) is 5.69 Å². The maximum absolute atomic E-state index is 8.92. The molecule has 0 aliphatic rings. The summed E-state index contributed by atoms with van der Waals surface area (Å²) in [5.41, 5.74) is 1.14. The summed E-state index contributed by atoms with van der Waals surface area (Å²) in [5.74, 6) is 0. The van der Waals surface area contributed by atoms with Gasteiger partial charge in [-0.3, -0.25) is 0 Å². The van der Waals surface area contributed by atoms with Gasteiger partial charge in [-0.2, -0.15) is 0 Å². The average molecular weight is 210 g/mol. The van der Waals surface area contributed by atoms with Crippen LogP contribution in [0, 0.1) is 0 Å². The van der Waals surface area contributed by atoms with E-state index >= 15 is 0 Å². The van der Waals surface area contributed by atoms with E-state index < -0.39 is 7.12 Å². The molecular formula is C8H11BN2O2S. The lowest BCUT2D eigenvalue weighted by Gasteiger charge is -2.08. The van der Waals surface area contributed by atoms with Gasteiger partial charge in [0.25, 0.3) is 0 Å². The van der Waals surface area contributed by atoms with Crippen LogP contribution in [0.15, 0.2) is 24.3 Å². The van der Waals surface area contributed by atoms with Gasteiger partial charge in [0.15, 0.2) is 5.11 Å². The van der Waals surface area contributed by atoms with E-state index in [0.29, 0.717) is 10.6 Å². The predicted molar refractivity (Wildman–Crippen MR) is 61.5 cm³/mol. The minimum absolute atomic E-state index is 0.425. The standard InChI is InChI=1S/C8H11BN2O2S/c1-10-8(14)11-7-4-2-3-6(5-7)9(12)13/h2-5,12-13H,1H3,(H2,10,11,14). The second-order valence-corrected chi connectivity index (χ2v) is 3.11. The van der Waals surface area contributed by atoms with Crippen molar-refractivity contribution >= 4 is 35.6 Å². The second kappa shape index (κ2) is 4.95. The van der Waals surface area contributed by atoms with Crippen molar-refractivity contribution in [3.8, 4) is 0 Å². The van der Waals surface area contributed by atoms with E-state index in [-0.39, 0.29) is 0 Å². The zero-order valence-corrected chi connectivity index (χ0v) is 8.51. The number of nitrogens with one attached hydrogen (secondary N) is 2. The molecule has 0 saturated heterocycles. The van der Waals surface area contributed by atoms with E-state index in [4.69, 9.17) is 22.3 Å². The van der Waals surface area contributed by atoms with Gasteiger partial charge >= 0.3 is 7.12 Å². The summed E-state index contributed by atoms with van der Waals surface area (Å²) in [7, 11) is 0.250. The molecule has 6 heteroatoms. The summed E-state index contributed by atoms with van der Waals surface area (Å²) in [6.45, 7) is 0. The molecule has 0 fully saturated rings. The van der Waals surface area contributed by atoms with Crippen LogP contribution in [0.5, 0.6) is 0 Å². The minimum Gasteiger partial charge on any atom is -0.423 e. The van der Waals surface area contributed by atoms with Crippen LogP contribution in [0.2, 0.25) is 0 Å². The lowest BCUT2D eigenvalue weighted by Crippen LogP contribution is -2.30. The molecule has 0 atom stereocenters. The van der Waals surface area contributed by atoms with Gasteiger partial charge in [0.2, 0.25) is 0 Å². The molecule has 1 aromatic carbocycles. The number of hydrogen-bond donors (Lipinski definition) is 4. The molecule has 14 heavy (non-hydrogen) atoms. The van der Waals surface area contributed by atoms with Crippen LogP contribution in [0.3, 0.4) is 0 Å². The maximum atomic E-state index is 8.92. The van der Waals surface area contributed by atoms with Gasteiger partial charge < -0.3 is 20.7 Å². The molecule has 0 unspecified atom stereocenters. The fourth-order valence-corrected chi connectivity index (χ4v) is 1.09. The van der Waals surface area contributed by atoms with Gasteiger partial charge in [0, 0.05) is 12.7 Å². The lowest BCUT2D eigenvalue weighted by atomic mass is 9.80. The third kappa shape index (κ3) is 2.99. The Morgan fingerprint density at radius 3 is 2.71 bits per heavy atom. The van der Waals surface area contributed by atoms with Crippen molar-refractivity contribution in [1.29, 1.82) is 0 Å². The van der Waals surface area contributed by atoms with Crippen LogP contribution in [-0.2, 0) is 0 Å². The summed E-state index contributed by atoms with van der Waals surface area (Å²) < 4.78 is 0. The molecule has 1 rings (SSSR count). The quantitative estimate of drug-likeness (QED) is 0.383. The highest BCUT2D eigenvalue weighted by molar-refractivity contribution is 7.80. The fourth-order valence-electron chi connectivity index (χ4n) is 0.971. The molecule has 4 N–H and O–H groups in total. The number of rotatable bonds is 2. The van der Waals surface area contributed by atoms with Gasteiger partial charge in [-0.25, -0.2) is 0 Å². The van der Waals surface area contributed by atoms with Crippen LogP contribution in [0.25, 0.3) is 0 Å². The van der Waals surface area contributed by atoms with Crippen LogP contribution >= 0.6 is 12.2 Å². The third-order valence-electron chi connectivity index (χ3n) is 1.67. The number of hydrogen-bond acceptors (Lipinski definition) is 3. The van der Waals surface area contributed by atoms with Gasteiger partial charge in [-0.05, 0) is 29.8 Å². The Kier molecular flexibility index (Phi) is 3.88. The molecule has 4 nitrogen and oxygen atoms in total. The summed E-state index contributed by atoms with van der Waals surface area (Å²) in [5, 5.41) is 24.0. The molecule has 0 spiro atoms. The van der Waals surface area contributed by atoms with Crippen LogP contribution in [0.1, 0.15) is 0 Å². The van der Waals surface area contributed by atoms with Gasteiger partial charge in [0.1, 0.15) is 0 Å². The number of benzene rings is 1. The molecule has 0 aliphatic heterocycles. The topological polar surface area (TPSA) is 64.5 Å². The first-order valence-electron chi connectivity index (χ1n) is 4.08. The van der Waals surface area contributed by atoms with Crippen LogP contribution in [-0.4, -0.2) is 29.3 Å². The van der Waals surface area contributed by atoms with Crippen molar-refractivity contribution in [2.45, 2.75) is 0 Å². The maximum Gasteiger partial charge on any atom is 0.488 e. The summed E-state index contributed by atoms with van der Waals surface area (Å²) in [4.78, 5) is 0. The zero-order valence-electron chi connectivity index (χ0n) is 7.69. The first kappa shape index (κ1) is 11.0. The third-order valence-corrected chi connectivity index (χ3v) is 1.98. The van der Waals surface area contributed by atoms with E-state index in [0.717, 1.165) is 5.69 Å².